The van der Waals surface area contributed by atoms with Crippen LogP contribution in [0.5, 0.6) is 11.5 Å². The number of sulfonamides is 1. The zero-order valence-electron chi connectivity index (χ0n) is 25.8. The van der Waals surface area contributed by atoms with Crippen LogP contribution in [0.25, 0.3) is 10.2 Å². The Morgan fingerprint density at radius 3 is 2.02 bits per heavy atom. The molecule has 0 amide bonds. The number of hydrogen-bond acceptors (Lipinski definition) is 11. The van der Waals surface area contributed by atoms with Crippen LogP contribution in [0.15, 0.2) is 88.9 Å². The summed E-state index contributed by atoms with van der Waals surface area (Å²) in [5, 5.41) is 7.80. The van der Waals surface area contributed by atoms with Crippen LogP contribution >= 0.6 is 23.1 Å². The monoisotopic (exact) mass is 676 g/mol. The van der Waals surface area contributed by atoms with Crippen LogP contribution in [-0.2, 0) is 23.1 Å². The number of ether oxygens (including phenoxy) is 2. The molecule has 2 N–H and O–H groups in total. The largest absolute Gasteiger partial charge is 0.497 e. The van der Waals surface area contributed by atoms with Crippen molar-refractivity contribution in [1.82, 2.24) is 19.3 Å². The Labute approximate surface area is 277 Å². The SMILES string of the molecule is COc1ccc(CN(Cc2ccc(OC)cc2)S(=O)(=O)c2ccc3nc(N[C@H]4CC[C@H](Nc5ncc(SC)cn5)C4)sc3c2)cc1. The van der Waals surface area contributed by atoms with E-state index < -0.39 is 10.0 Å². The number of fused-ring (bicyclic) bond motifs is 1. The highest BCUT2D eigenvalue weighted by Crippen LogP contribution is 2.33. The third-order valence-corrected chi connectivity index (χ3v) is 11.4. The highest BCUT2D eigenvalue weighted by molar-refractivity contribution is 7.98. The second-order valence-electron chi connectivity index (χ2n) is 11.1. The van der Waals surface area contributed by atoms with Gasteiger partial charge in [0.25, 0.3) is 0 Å². The fourth-order valence-corrected chi connectivity index (χ4v) is 8.28. The van der Waals surface area contributed by atoms with Gasteiger partial charge in [-0.05, 0) is 79.1 Å². The summed E-state index contributed by atoms with van der Waals surface area (Å²) in [6.07, 6.45) is 8.56. The molecule has 240 valence electrons. The number of benzene rings is 3. The Kier molecular flexibility index (Phi) is 9.92. The molecule has 1 fully saturated rings. The van der Waals surface area contributed by atoms with Gasteiger partial charge in [0.05, 0.1) is 29.3 Å². The summed E-state index contributed by atoms with van der Waals surface area (Å²) in [5.74, 6) is 2.07. The van der Waals surface area contributed by atoms with E-state index in [1.807, 2.05) is 67.2 Å². The van der Waals surface area contributed by atoms with Gasteiger partial charge in [-0.25, -0.2) is 23.4 Å². The van der Waals surface area contributed by atoms with Gasteiger partial charge < -0.3 is 20.1 Å². The van der Waals surface area contributed by atoms with Gasteiger partial charge in [-0.3, -0.25) is 0 Å². The van der Waals surface area contributed by atoms with E-state index in [0.29, 0.717) is 17.4 Å². The molecule has 2 heterocycles. The van der Waals surface area contributed by atoms with E-state index in [0.717, 1.165) is 50.6 Å². The molecular weight excluding hydrogens is 641 g/mol. The second-order valence-corrected chi connectivity index (χ2v) is 14.9. The molecule has 3 aromatic carbocycles. The zero-order valence-corrected chi connectivity index (χ0v) is 28.3. The van der Waals surface area contributed by atoms with Gasteiger partial charge in [0, 0.05) is 42.5 Å². The van der Waals surface area contributed by atoms with Crippen molar-refractivity contribution in [1.29, 1.82) is 0 Å². The Balaban J connectivity index is 1.18. The fourth-order valence-electron chi connectivity index (χ4n) is 5.47. The number of aromatic nitrogens is 3. The summed E-state index contributed by atoms with van der Waals surface area (Å²) < 4.78 is 41.2. The summed E-state index contributed by atoms with van der Waals surface area (Å²) in [6.45, 7) is 0.408. The van der Waals surface area contributed by atoms with Crippen molar-refractivity contribution >= 4 is 54.4 Å². The topological polar surface area (TPSA) is 119 Å². The molecule has 0 radical (unpaired) electrons. The lowest BCUT2D eigenvalue weighted by Crippen LogP contribution is -2.30. The molecule has 2 aromatic heterocycles. The Morgan fingerprint density at radius 2 is 1.46 bits per heavy atom. The third-order valence-electron chi connectivity index (χ3n) is 7.99. The second kappa shape index (κ2) is 14.2. The van der Waals surface area contributed by atoms with Crippen molar-refractivity contribution in [3.8, 4) is 11.5 Å². The molecule has 5 aromatic rings. The minimum absolute atomic E-state index is 0.204. The molecule has 0 aliphatic heterocycles. The predicted molar refractivity (Wildman–Crippen MR) is 185 cm³/mol. The average Bonchev–Trinajstić information content (AvgIpc) is 3.70. The first-order chi connectivity index (χ1) is 22.3. The van der Waals surface area contributed by atoms with E-state index in [9.17, 15) is 8.42 Å². The first-order valence-corrected chi connectivity index (χ1v) is 18.4. The van der Waals surface area contributed by atoms with E-state index in [2.05, 4.69) is 20.6 Å². The summed E-state index contributed by atoms with van der Waals surface area (Å²) >= 11 is 3.09. The molecular formula is C33H36N6O4S3. The minimum Gasteiger partial charge on any atom is -0.497 e. The maximum atomic E-state index is 14.2. The van der Waals surface area contributed by atoms with Crippen molar-refractivity contribution in [2.75, 3.05) is 31.1 Å². The lowest BCUT2D eigenvalue weighted by molar-refractivity contribution is 0.397. The van der Waals surface area contributed by atoms with Gasteiger partial charge in [0.1, 0.15) is 11.5 Å². The number of nitrogens with one attached hydrogen (secondary N) is 2. The molecule has 46 heavy (non-hydrogen) atoms. The molecule has 0 bridgehead atoms. The smallest absolute Gasteiger partial charge is 0.243 e. The van der Waals surface area contributed by atoms with Crippen LogP contribution < -0.4 is 20.1 Å². The van der Waals surface area contributed by atoms with Gasteiger partial charge in [-0.1, -0.05) is 35.6 Å². The standard InChI is InChI=1S/C33H36N6O4S3/c1-42-26-10-4-22(5-11-26)20-39(21-23-6-12-27(43-2)13-7-23)46(40,41)29-14-15-30-31(17-29)45-33(38-30)37-25-9-8-24(16-25)36-32-34-18-28(44-3)19-35-32/h4-7,10-15,17-19,24-25H,8-9,16,20-21H2,1-3H3,(H,37,38)(H,34,35,36)/t24-,25-/m0/s1. The molecule has 2 atom stereocenters. The van der Waals surface area contributed by atoms with E-state index >= 15 is 0 Å². The Hall–Kier alpha value is -3.91. The normalized spacial score (nSPS) is 16.5. The first kappa shape index (κ1) is 32.0. The molecule has 1 aliphatic rings. The predicted octanol–water partition coefficient (Wildman–Crippen LogP) is 6.66. The van der Waals surface area contributed by atoms with Crippen molar-refractivity contribution in [3.05, 3.63) is 90.3 Å². The van der Waals surface area contributed by atoms with E-state index in [1.54, 1.807) is 44.2 Å². The lowest BCUT2D eigenvalue weighted by atomic mass is 10.2. The zero-order chi connectivity index (χ0) is 32.1. The van der Waals surface area contributed by atoms with Gasteiger partial charge in [0.15, 0.2) is 5.13 Å². The average molecular weight is 677 g/mol. The molecule has 0 saturated heterocycles. The third kappa shape index (κ3) is 7.55. The van der Waals surface area contributed by atoms with Gasteiger partial charge in [-0.15, -0.1) is 11.8 Å². The first-order valence-electron chi connectivity index (χ1n) is 14.9. The fraction of sp³-hybridized carbons (Fsp3) is 0.303. The molecule has 13 heteroatoms. The maximum Gasteiger partial charge on any atom is 0.243 e. The number of nitrogens with zero attached hydrogens (tertiary/aromatic N) is 4. The maximum absolute atomic E-state index is 14.2. The van der Waals surface area contributed by atoms with Crippen LogP contribution in [0.1, 0.15) is 30.4 Å². The van der Waals surface area contributed by atoms with Crippen LogP contribution in [0, 0.1) is 0 Å². The van der Waals surface area contributed by atoms with Crippen LogP contribution in [0.4, 0.5) is 11.1 Å². The number of thiazole rings is 1. The Morgan fingerprint density at radius 1 is 0.870 bits per heavy atom. The number of methoxy groups -OCH3 is 2. The number of rotatable bonds is 13. The summed E-state index contributed by atoms with van der Waals surface area (Å²) in [7, 11) is -0.653. The molecule has 10 nitrogen and oxygen atoms in total. The molecule has 0 spiro atoms. The molecule has 0 unspecified atom stereocenters. The lowest BCUT2D eigenvalue weighted by Gasteiger charge is -2.23. The van der Waals surface area contributed by atoms with Crippen LogP contribution in [0.3, 0.4) is 0 Å². The van der Waals surface area contributed by atoms with Gasteiger partial charge in [0.2, 0.25) is 16.0 Å². The van der Waals surface area contributed by atoms with Crippen molar-refractivity contribution in [2.24, 2.45) is 0 Å². The molecule has 6 rings (SSSR count). The van der Waals surface area contributed by atoms with E-state index in [-0.39, 0.29) is 30.1 Å². The summed E-state index contributed by atoms with van der Waals surface area (Å²) in [4.78, 5) is 14.9. The number of thioether (sulfide) groups is 1. The Bertz CT molecular complexity index is 1820. The summed E-state index contributed by atoms with van der Waals surface area (Å²) in [6, 6.07) is 20.6. The minimum atomic E-state index is -3.87. The highest BCUT2D eigenvalue weighted by atomic mass is 32.2. The van der Waals surface area contributed by atoms with E-state index in [4.69, 9.17) is 14.5 Å². The summed E-state index contributed by atoms with van der Waals surface area (Å²) in [5.41, 5.74) is 2.48. The molecule has 1 aliphatic carbocycles. The number of hydrogen-bond donors (Lipinski definition) is 2. The molecule has 1 saturated carbocycles. The van der Waals surface area contributed by atoms with Gasteiger partial charge in [-0.2, -0.15) is 4.31 Å². The van der Waals surface area contributed by atoms with Gasteiger partial charge >= 0.3 is 0 Å². The number of anilines is 2. The quantitative estimate of drug-likeness (QED) is 0.131. The van der Waals surface area contributed by atoms with E-state index in [1.165, 1.54) is 15.6 Å². The van der Waals surface area contributed by atoms with Crippen LogP contribution in [0.2, 0.25) is 0 Å². The van der Waals surface area contributed by atoms with Crippen molar-refractivity contribution in [2.45, 2.75) is 54.2 Å². The van der Waals surface area contributed by atoms with Crippen LogP contribution in [-0.4, -0.2) is 60.2 Å². The van der Waals surface area contributed by atoms with Crippen molar-refractivity contribution in [3.63, 3.8) is 0 Å². The van der Waals surface area contributed by atoms with Crippen molar-refractivity contribution < 1.29 is 17.9 Å². The highest BCUT2D eigenvalue weighted by Gasteiger charge is 2.28.